The number of hydrogen-bond donors (Lipinski definition) is 1. The SMILES string of the molecule is O=C(Nc1ccccc1S(=O)(=O)N1CCCCC1)c1ccc(-n2cccn2)cc1. The Balaban J connectivity index is 1.56. The first-order valence-corrected chi connectivity index (χ1v) is 11.0. The first kappa shape index (κ1) is 19.4. The van der Waals surface area contributed by atoms with Crippen molar-refractivity contribution in [1.29, 1.82) is 0 Å². The summed E-state index contributed by atoms with van der Waals surface area (Å²) in [5.41, 5.74) is 1.56. The topological polar surface area (TPSA) is 84.3 Å². The van der Waals surface area contributed by atoms with Crippen LogP contribution in [0.5, 0.6) is 0 Å². The molecule has 1 N–H and O–H groups in total. The zero-order valence-electron chi connectivity index (χ0n) is 15.9. The molecule has 8 heteroatoms. The van der Waals surface area contributed by atoms with E-state index in [9.17, 15) is 13.2 Å². The smallest absolute Gasteiger partial charge is 0.255 e. The summed E-state index contributed by atoms with van der Waals surface area (Å²) in [7, 11) is -3.65. The van der Waals surface area contributed by atoms with Gasteiger partial charge in [0, 0.05) is 31.0 Å². The fourth-order valence-corrected chi connectivity index (χ4v) is 5.09. The fourth-order valence-electron chi connectivity index (χ4n) is 3.42. The molecule has 0 saturated carbocycles. The molecule has 3 aromatic rings. The monoisotopic (exact) mass is 410 g/mol. The van der Waals surface area contributed by atoms with Gasteiger partial charge in [-0.15, -0.1) is 0 Å². The average Bonchev–Trinajstić information content (AvgIpc) is 3.30. The van der Waals surface area contributed by atoms with Crippen molar-refractivity contribution in [3.8, 4) is 5.69 Å². The van der Waals surface area contributed by atoms with E-state index in [4.69, 9.17) is 0 Å². The molecule has 1 aliphatic rings. The van der Waals surface area contributed by atoms with Crippen molar-refractivity contribution in [3.05, 3.63) is 72.6 Å². The molecule has 150 valence electrons. The minimum absolute atomic E-state index is 0.128. The van der Waals surface area contributed by atoms with Crippen molar-refractivity contribution >= 4 is 21.6 Å². The van der Waals surface area contributed by atoms with Gasteiger partial charge in [-0.3, -0.25) is 4.79 Å². The molecule has 1 aliphatic heterocycles. The molecule has 1 amide bonds. The number of benzene rings is 2. The minimum atomic E-state index is -3.65. The maximum atomic E-state index is 13.1. The summed E-state index contributed by atoms with van der Waals surface area (Å²) >= 11 is 0. The second kappa shape index (κ2) is 8.18. The van der Waals surface area contributed by atoms with Crippen molar-refractivity contribution in [2.45, 2.75) is 24.2 Å². The van der Waals surface area contributed by atoms with Gasteiger partial charge in [0.25, 0.3) is 5.91 Å². The highest BCUT2D eigenvalue weighted by Crippen LogP contribution is 2.27. The summed E-state index contributed by atoms with van der Waals surface area (Å²) in [6.07, 6.45) is 6.25. The molecule has 1 fully saturated rings. The molecule has 0 radical (unpaired) electrons. The summed E-state index contributed by atoms with van der Waals surface area (Å²) in [6.45, 7) is 1.03. The van der Waals surface area contributed by atoms with Crippen molar-refractivity contribution < 1.29 is 13.2 Å². The van der Waals surface area contributed by atoms with E-state index in [1.54, 1.807) is 59.4 Å². The normalized spacial score (nSPS) is 15.2. The van der Waals surface area contributed by atoms with Gasteiger partial charge in [0.1, 0.15) is 4.90 Å². The van der Waals surface area contributed by atoms with Crippen LogP contribution in [0, 0.1) is 0 Å². The number of anilines is 1. The van der Waals surface area contributed by atoms with Gasteiger partial charge >= 0.3 is 0 Å². The Kier molecular flexibility index (Phi) is 5.46. The van der Waals surface area contributed by atoms with Crippen molar-refractivity contribution in [1.82, 2.24) is 14.1 Å². The number of rotatable bonds is 5. The van der Waals surface area contributed by atoms with E-state index < -0.39 is 10.0 Å². The Morgan fingerprint density at radius 1 is 0.931 bits per heavy atom. The van der Waals surface area contributed by atoms with Crippen molar-refractivity contribution in [3.63, 3.8) is 0 Å². The Bertz CT molecular complexity index is 1090. The molecule has 0 aliphatic carbocycles. The van der Waals surface area contributed by atoms with E-state index in [0.717, 1.165) is 24.9 Å². The van der Waals surface area contributed by atoms with Gasteiger partial charge < -0.3 is 5.32 Å². The van der Waals surface area contributed by atoms with Crippen molar-refractivity contribution in [2.75, 3.05) is 18.4 Å². The molecule has 4 rings (SSSR count). The third-order valence-corrected chi connectivity index (χ3v) is 6.92. The number of piperidine rings is 1. The van der Waals surface area contributed by atoms with Crippen LogP contribution >= 0.6 is 0 Å². The Labute approximate surface area is 170 Å². The largest absolute Gasteiger partial charge is 0.321 e. The maximum Gasteiger partial charge on any atom is 0.255 e. The number of sulfonamides is 1. The lowest BCUT2D eigenvalue weighted by Gasteiger charge is -2.26. The molecule has 0 atom stereocenters. The average molecular weight is 410 g/mol. The van der Waals surface area contributed by atoms with E-state index in [1.165, 1.54) is 4.31 Å². The van der Waals surface area contributed by atoms with Crippen LogP contribution in [0.2, 0.25) is 0 Å². The predicted octanol–water partition coefficient (Wildman–Crippen LogP) is 3.30. The number of nitrogens with one attached hydrogen (secondary N) is 1. The van der Waals surface area contributed by atoms with Gasteiger partial charge in [0.2, 0.25) is 10.0 Å². The molecule has 2 heterocycles. The molecular formula is C21H22N4O3S. The standard InChI is InChI=1S/C21H22N4O3S/c26-21(17-9-11-18(12-10-17)25-16-6-13-22-25)23-19-7-2-3-8-20(19)29(27,28)24-14-4-1-5-15-24/h2-3,6-13,16H,1,4-5,14-15H2,(H,23,26). The highest BCUT2D eigenvalue weighted by molar-refractivity contribution is 7.89. The van der Waals surface area contributed by atoms with Crippen molar-refractivity contribution in [2.24, 2.45) is 0 Å². The fraction of sp³-hybridized carbons (Fsp3) is 0.238. The Morgan fingerprint density at radius 2 is 1.66 bits per heavy atom. The van der Waals surface area contributed by atoms with E-state index in [2.05, 4.69) is 10.4 Å². The second-order valence-electron chi connectivity index (χ2n) is 6.91. The van der Waals surface area contributed by atoms with Gasteiger partial charge in [0.15, 0.2) is 0 Å². The molecule has 7 nitrogen and oxygen atoms in total. The number of carbonyl (C=O) groups excluding carboxylic acids is 1. The minimum Gasteiger partial charge on any atom is -0.321 e. The lowest BCUT2D eigenvalue weighted by molar-refractivity contribution is 0.102. The number of carbonyl (C=O) groups is 1. The van der Waals surface area contributed by atoms with Crippen LogP contribution in [0.4, 0.5) is 5.69 Å². The molecule has 0 spiro atoms. The third-order valence-electron chi connectivity index (χ3n) is 4.97. The summed E-state index contributed by atoms with van der Waals surface area (Å²) in [5, 5.41) is 6.92. The number of nitrogens with zero attached hydrogens (tertiary/aromatic N) is 3. The molecule has 1 aromatic heterocycles. The van der Waals surface area contributed by atoms with Crippen LogP contribution in [0.1, 0.15) is 29.6 Å². The van der Waals surface area contributed by atoms with E-state index in [1.807, 2.05) is 12.3 Å². The number of hydrogen-bond acceptors (Lipinski definition) is 4. The summed E-state index contributed by atoms with van der Waals surface area (Å²) < 4.78 is 29.3. The number of para-hydroxylation sites is 1. The maximum absolute atomic E-state index is 13.1. The summed E-state index contributed by atoms with van der Waals surface area (Å²) in [6, 6.07) is 15.3. The Hall–Kier alpha value is -2.97. The van der Waals surface area contributed by atoms with Crippen LogP contribution in [0.25, 0.3) is 5.69 Å². The number of aromatic nitrogens is 2. The quantitative estimate of drug-likeness (QED) is 0.699. The first-order valence-electron chi connectivity index (χ1n) is 9.56. The van der Waals surface area contributed by atoms with Crippen LogP contribution in [-0.2, 0) is 10.0 Å². The zero-order chi connectivity index (χ0) is 20.3. The van der Waals surface area contributed by atoms with Gasteiger partial charge in [-0.1, -0.05) is 18.6 Å². The second-order valence-corrected chi connectivity index (χ2v) is 8.82. The lowest BCUT2D eigenvalue weighted by Crippen LogP contribution is -2.36. The first-order chi connectivity index (χ1) is 14.1. The highest BCUT2D eigenvalue weighted by Gasteiger charge is 2.28. The predicted molar refractivity (Wildman–Crippen MR) is 111 cm³/mol. The van der Waals surface area contributed by atoms with E-state index >= 15 is 0 Å². The molecule has 2 aromatic carbocycles. The third kappa shape index (κ3) is 4.08. The van der Waals surface area contributed by atoms with Gasteiger partial charge in [0.05, 0.1) is 11.4 Å². The van der Waals surface area contributed by atoms with E-state index in [0.29, 0.717) is 24.3 Å². The Morgan fingerprint density at radius 3 is 2.34 bits per heavy atom. The molecule has 1 saturated heterocycles. The lowest BCUT2D eigenvalue weighted by atomic mass is 10.2. The molecule has 0 bridgehead atoms. The molecular weight excluding hydrogens is 388 g/mol. The zero-order valence-corrected chi connectivity index (χ0v) is 16.7. The van der Waals surface area contributed by atoms with Gasteiger partial charge in [-0.05, 0) is 55.3 Å². The van der Waals surface area contributed by atoms with E-state index in [-0.39, 0.29) is 10.8 Å². The number of amides is 1. The molecule has 0 unspecified atom stereocenters. The van der Waals surface area contributed by atoms with Crippen LogP contribution in [0.15, 0.2) is 71.9 Å². The summed E-state index contributed by atoms with van der Waals surface area (Å²) in [5.74, 6) is -0.363. The van der Waals surface area contributed by atoms with Crippen LogP contribution in [-0.4, -0.2) is 41.5 Å². The molecule has 29 heavy (non-hydrogen) atoms. The summed E-state index contributed by atoms with van der Waals surface area (Å²) in [4.78, 5) is 12.9. The van der Waals surface area contributed by atoms with Crippen LogP contribution < -0.4 is 5.32 Å². The van der Waals surface area contributed by atoms with Gasteiger partial charge in [-0.25, -0.2) is 13.1 Å². The van der Waals surface area contributed by atoms with Crippen LogP contribution in [0.3, 0.4) is 0 Å². The highest BCUT2D eigenvalue weighted by atomic mass is 32.2. The van der Waals surface area contributed by atoms with Gasteiger partial charge in [-0.2, -0.15) is 9.40 Å².